The van der Waals surface area contributed by atoms with Gasteiger partial charge in [0.25, 0.3) is 5.91 Å². The van der Waals surface area contributed by atoms with Crippen molar-refractivity contribution in [2.45, 2.75) is 32.0 Å². The van der Waals surface area contributed by atoms with Gasteiger partial charge in [0.1, 0.15) is 0 Å². The van der Waals surface area contributed by atoms with Crippen molar-refractivity contribution in [3.63, 3.8) is 0 Å². The van der Waals surface area contributed by atoms with Crippen molar-refractivity contribution < 1.29 is 27.9 Å². The third kappa shape index (κ3) is 6.59. The van der Waals surface area contributed by atoms with Gasteiger partial charge >= 0.3 is 12.1 Å². The van der Waals surface area contributed by atoms with E-state index in [9.17, 15) is 18.0 Å². The monoisotopic (exact) mass is 535 g/mol. The Hall–Kier alpha value is -3.60. The summed E-state index contributed by atoms with van der Waals surface area (Å²) in [5.74, 6) is -0.970. The number of alkyl halides is 3. The van der Waals surface area contributed by atoms with E-state index in [0.717, 1.165) is 41.3 Å². The molecule has 1 amide bonds. The molecule has 2 heterocycles. The Labute approximate surface area is 216 Å². The fourth-order valence-electron chi connectivity index (χ4n) is 3.81. The standard InChI is InChI=1S/C23H24ClN5O.C2HF3O2/c1-15-14-16(6-9-18(15)24)23(30)29-12-10-28(11-13-29)22-21(25-17-7-8-17)26-19-4-2-3-5-20(19)27-22;3-2(4,5)1(6)7/h2-6,9,14,17H,7-8,10-13H2,1H3,(H,25,26);(H,6,7). The minimum atomic E-state index is -5.08. The molecule has 37 heavy (non-hydrogen) atoms. The van der Waals surface area contributed by atoms with E-state index in [1.54, 1.807) is 12.1 Å². The van der Waals surface area contributed by atoms with E-state index in [1.807, 2.05) is 42.2 Å². The molecule has 8 nitrogen and oxygen atoms in total. The average Bonchev–Trinajstić information content (AvgIpc) is 3.69. The molecule has 2 aromatic carbocycles. The molecule has 0 bridgehead atoms. The Morgan fingerprint density at radius 3 is 2.16 bits per heavy atom. The molecular weight excluding hydrogens is 511 g/mol. The second-order valence-corrected chi connectivity index (χ2v) is 9.26. The van der Waals surface area contributed by atoms with Crippen LogP contribution in [0.4, 0.5) is 24.8 Å². The zero-order valence-electron chi connectivity index (χ0n) is 19.9. The number of carbonyl (C=O) groups excluding carboxylic acids is 1. The molecule has 1 aliphatic heterocycles. The topological polar surface area (TPSA) is 98.7 Å². The molecular formula is C25H25ClF3N5O3. The van der Waals surface area contributed by atoms with Gasteiger partial charge in [0.2, 0.25) is 0 Å². The van der Waals surface area contributed by atoms with Crippen molar-refractivity contribution in [2.24, 2.45) is 0 Å². The number of benzene rings is 2. The number of rotatable bonds is 4. The molecule has 1 aromatic heterocycles. The predicted molar refractivity (Wildman–Crippen MR) is 134 cm³/mol. The first kappa shape index (κ1) is 26.5. The summed E-state index contributed by atoms with van der Waals surface area (Å²) in [7, 11) is 0. The Kier molecular flexibility index (Phi) is 7.72. The van der Waals surface area contributed by atoms with Crippen LogP contribution in [0, 0.1) is 6.92 Å². The van der Waals surface area contributed by atoms with Crippen LogP contribution >= 0.6 is 11.6 Å². The highest BCUT2D eigenvalue weighted by Crippen LogP contribution is 2.31. The molecule has 12 heteroatoms. The van der Waals surface area contributed by atoms with Gasteiger partial charge in [-0.1, -0.05) is 23.7 Å². The molecule has 0 atom stereocenters. The number of aryl methyl sites for hydroxylation is 1. The lowest BCUT2D eigenvalue weighted by Crippen LogP contribution is -2.49. The second kappa shape index (κ2) is 10.8. The molecule has 0 unspecified atom stereocenters. The van der Waals surface area contributed by atoms with E-state index >= 15 is 0 Å². The lowest BCUT2D eigenvalue weighted by atomic mass is 10.1. The molecule has 0 spiro atoms. The summed E-state index contributed by atoms with van der Waals surface area (Å²) in [6.07, 6.45) is -2.73. The number of amides is 1. The number of carboxylic acid groups (broad SMARTS) is 1. The van der Waals surface area contributed by atoms with Gasteiger partial charge in [0.05, 0.1) is 11.0 Å². The molecule has 0 radical (unpaired) electrons. The molecule has 1 aliphatic carbocycles. The molecule has 2 fully saturated rings. The van der Waals surface area contributed by atoms with Crippen LogP contribution in [-0.4, -0.2) is 70.2 Å². The Bertz CT molecular complexity index is 1310. The van der Waals surface area contributed by atoms with Crippen molar-refractivity contribution in [3.05, 3.63) is 58.6 Å². The van der Waals surface area contributed by atoms with Gasteiger partial charge in [-0.2, -0.15) is 13.2 Å². The largest absolute Gasteiger partial charge is 0.490 e. The second-order valence-electron chi connectivity index (χ2n) is 8.85. The molecule has 2 N–H and O–H groups in total. The first-order valence-corrected chi connectivity index (χ1v) is 12.0. The van der Waals surface area contributed by atoms with Crippen LogP contribution in [0.15, 0.2) is 42.5 Å². The Morgan fingerprint density at radius 1 is 1.03 bits per heavy atom. The van der Waals surface area contributed by atoms with E-state index in [-0.39, 0.29) is 5.91 Å². The summed E-state index contributed by atoms with van der Waals surface area (Å²) in [5.41, 5.74) is 3.40. The fraction of sp³-hybridized carbons (Fsp3) is 0.360. The number of hydrogen-bond acceptors (Lipinski definition) is 6. The van der Waals surface area contributed by atoms with Gasteiger partial charge in [0.15, 0.2) is 11.6 Å². The van der Waals surface area contributed by atoms with Crippen LogP contribution in [0.5, 0.6) is 0 Å². The van der Waals surface area contributed by atoms with Gasteiger partial charge in [-0.25, -0.2) is 14.8 Å². The molecule has 1 saturated heterocycles. The lowest BCUT2D eigenvalue weighted by molar-refractivity contribution is -0.192. The number of hydrogen-bond donors (Lipinski definition) is 2. The number of carbonyl (C=O) groups is 2. The number of para-hydroxylation sites is 2. The number of carboxylic acids is 1. The van der Waals surface area contributed by atoms with Crippen LogP contribution in [0.3, 0.4) is 0 Å². The summed E-state index contributed by atoms with van der Waals surface area (Å²) in [5, 5.41) is 11.3. The maximum Gasteiger partial charge on any atom is 0.490 e. The number of aromatic nitrogens is 2. The van der Waals surface area contributed by atoms with Crippen molar-refractivity contribution >= 4 is 46.1 Å². The maximum absolute atomic E-state index is 12.9. The van der Waals surface area contributed by atoms with Gasteiger partial charge in [-0.05, 0) is 55.7 Å². The van der Waals surface area contributed by atoms with Crippen molar-refractivity contribution in [1.29, 1.82) is 0 Å². The first-order valence-electron chi connectivity index (χ1n) is 11.7. The van der Waals surface area contributed by atoms with E-state index in [0.29, 0.717) is 29.7 Å². The minimum Gasteiger partial charge on any atom is -0.475 e. The predicted octanol–water partition coefficient (Wildman–Crippen LogP) is 4.76. The first-order chi connectivity index (χ1) is 17.5. The van der Waals surface area contributed by atoms with Gasteiger partial charge in [-0.15, -0.1) is 0 Å². The number of fused-ring (bicyclic) bond motifs is 1. The normalized spacial score (nSPS) is 15.7. The summed E-state index contributed by atoms with van der Waals surface area (Å²) < 4.78 is 31.7. The number of anilines is 2. The van der Waals surface area contributed by atoms with Crippen LogP contribution < -0.4 is 10.2 Å². The van der Waals surface area contributed by atoms with Crippen molar-refractivity contribution in [3.8, 4) is 0 Å². The quantitative estimate of drug-likeness (QED) is 0.497. The SMILES string of the molecule is Cc1cc(C(=O)N2CCN(c3nc4ccccc4nc3NC3CC3)CC2)ccc1Cl.O=C(O)C(F)(F)F. The zero-order valence-corrected chi connectivity index (χ0v) is 20.7. The van der Waals surface area contributed by atoms with Crippen molar-refractivity contribution in [1.82, 2.24) is 14.9 Å². The van der Waals surface area contributed by atoms with E-state index < -0.39 is 12.1 Å². The highest BCUT2D eigenvalue weighted by atomic mass is 35.5. The smallest absolute Gasteiger partial charge is 0.475 e. The summed E-state index contributed by atoms with van der Waals surface area (Å²) in [4.78, 5) is 35.7. The molecule has 3 aromatic rings. The van der Waals surface area contributed by atoms with Crippen LogP contribution in [-0.2, 0) is 4.79 Å². The Balaban J connectivity index is 0.000000405. The number of halogens is 4. The highest BCUT2D eigenvalue weighted by Gasteiger charge is 2.38. The van der Waals surface area contributed by atoms with Crippen LogP contribution in [0.1, 0.15) is 28.8 Å². The number of piperazine rings is 1. The third-order valence-corrected chi connectivity index (χ3v) is 6.41. The molecule has 196 valence electrons. The average molecular weight is 536 g/mol. The van der Waals surface area contributed by atoms with Crippen LogP contribution in [0.25, 0.3) is 11.0 Å². The zero-order chi connectivity index (χ0) is 26.7. The number of aliphatic carboxylic acids is 1. The third-order valence-electron chi connectivity index (χ3n) is 5.98. The molecule has 1 saturated carbocycles. The number of nitrogens with one attached hydrogen (secondary N) is 1. The van der Waals surface area contributed by atoms with Crippen LogP contribution in [0.2, 0.25) is 5.02 Å². The summed E-state index contributed by atoms with van der Waals surface area (Å²) in [6, 6.07) is 13.9. The number of nitrogens with zero attached hydrogens (tertiary/aromatic N) is 4. The van der Waals surface area contributed by atoms with Gasteiger partial charge in [-0.3, -0.25) is 4.79 Å². The summed E-state index contributed by atoms with van der Waals surface area (Å²) >= 11 is 6.10. The van der Waals surface area contributed by atoms with E-state index in [2.05, 4.69) is 10.2 Å². The van der Waals surface area contributed by atoms with Gasteiger partial charge < -0.3 is 20.2 Å². The van der Waals surface area contributed by atoms with E-state index in [1.165, 1.54) is 12.8 Å². The molecule has 5 rings (SSSR count). The minimum absolute atomic E-state index is 0.0512. The highest BCUT2D eigenvalue weighted by molar-refractivity contribution is 6.31. The maximum atomic E-state index is 12.9. The molecule has 2 aliphatic rings. The van der Waals surface area contributed by atoms with Crippen molar-refractivity contribution in [2.75, 3.05) is 36.4 Å². The van der Waals surface area contributed by atoms with E-state index in [4.69, 9.17) is 31.5 Å². The Morgan fingerprint density at radius 2 is 1.62 bits per heavy atom. The summed E-state index contributed by atoms with van der Waals surface area (Å²) in [6.45, 7) is 4.68. The lowest BCUT2D eigenvalue weighted by Gasteiger charge is -2.36. The van der Waals surface area contributed by atoms with Gasteiger partial charge in [0, 0.05) is 42.8 Å². The fourth-order valence-corrected chi connectivity index (χ4v) is 3.93.